The van der Waals surface area contributed by atoms with Crippen molar-refractivity contribution in [2.24, 2.45) is 0 Å². The second-order valence-electron chi connectivity index (χ2n) is 3.89. The van der Waals surface area contributed by atoms with Gasteiger partial charge >= 0.3 is 0 Å². The number of imidazole rings is 1. The van der Waals surface area contributed by atoms with E-state index in [4.69, 9.17) is 0 Å². The number of allylic oxidation sites excluding steroid dienone is 1. The average molecular weight is 196 g/mol. The number of aromatic amines is 1. The van der Waals surface area contributed by atoms with Crippen molar-refractivity contribution in [3.8, 4) is 0 Å². The van der Waals surface area contributed by atoms with E-state index >= 15 is 0 Å². The lowest BCUT2D eigenvalue weighted by atomic mass is 9.98. The van der Waals surface area contributed by atoms with Gasteiger partial charge in [-0.05, 0) is 17.2 Å². The van der Waals surface area contributed by atoms with E-state index in [1.807, 2.05) is 6.20 Å². The molecule has 74 valence electrons. The molecule has 3 rings (SSSR count). The van der Waals surface area contributed by atoms with Gasteiger partial charge in [-0.1, -0.05) is 31.2 Å². The summed E-state index contributed by atoms with van der Waals surface area (Å²) >= 11 is 0. The third kappa shape index (κ3) is 1.22. The third-order valence-corrected chi connectivity index (χ3v) is 3.01. The second kappa shape index (κ2) is 3.09. The van der Waals surface area contributed by atoms with E-state index < -0.39 is 0 Å². The Morgan fingerprint density at radius 2 is 2.13 bits per heavy atom. The normalized spacial score (nSPS) is 18.7. The molecule has 0 spiro atoms. The van der Waals surface area contributed by atoms with Crippen LogP contribution in [0.15, 0.2) is 36.7 Å². The highest BCUT2D eigenvalue weighted by molar-refractivity contribution is 5.89. The highest BCUT2D eigenvalue weighted by Gasteiger charge is 2.22. The number of hydrogen-bond acceptors (Lipinski definition) is 1. The van der Waals surface area contributed by atoms with Crippen molar-refractivity contribution in [2.45, 2.75) is 12.8 Å². The van der Waals surface area contributed by atoms with Gasteiger partial charge < -0.3 is 4.98 Å². The average Bonchev–Trinajstić information content (AvgIpc) is 2.87. The van der Waals surface area contributed by atoms with Crippen LogP contribution >= 0.6 is 0 Å². The smallest absolute Gasteiger partial charge is 0.133 e. The highest BCUT2D eigenvalue weighted by Crippen LogP contribution is 2.39. The molecule has 2 aromatic rings. The van der Waals surface area contributed by atoms with Gasteiger partial charge in [-0.25, -0.2) is 4.98 Å². The van der Waals surface area contributed by atoms with E-state index in [0.29, 0.717) is 5.92 Å². The van der Waals surface area contributed by atoms with Gasteiger partial charge in [0, 0.05) is 23.9 Å². The number of H-pyrrole nitrogens is 1. The first-order valence-corrected chi connectivity index (χ1v) is 5.16. The minimum absolute atomic E-state index is 0.437. The zero-order chi connectivity index (χ0) is 10.3. The summed E-state index contributed by atoms with van der Waals surface area (Å²) in [5, 5.41) is 0. The maximum atomic E-state index is 4.31. The molecule has 0 fully saturated rings. The summed E-state index contributed by atoms with van der Waals surface area (Å²) in [5.74, 6) is 1.42. The zero-order valence-corrected chi connectivity index (χ0v) is 8.57. The van der Waals surface area contributed by atoms with E-state index in [9.17, 15) is 0 Å². The van der Waals surface area contributed by atoms with Gasteiger partial charge in [-0.2, -0.15) is 0 Å². The van der Waals surface area contributed by atoms with Gasteiger partial charge in [0.1, 0.15) is 5.82 Å². The second-order valence-corrected chi connectivity index (χ2v) is 3.89. The number of nitrogens with zero attached hydrogens (tertiary/aromatic N) is 1. The third-order valence-electron chi connectivity index (χ3n) is 3.01. The zero-order valence-electron chi connectivity index (χ0n) is 8.57. The minimum Gasteiger partial charge on any atom is -0.345 e. The molecule has 1 heterocycles. The number of nitrogens with one attached hydrogen (secondary N) is 1. The number of fused-ring (bicyclic) bond motifs is 1. The molecule has 1 aliphatic carbocycles. The Morgan fingerprint density at radius 3 is 2.87 bits per heavy atom. The standard InChI is InChI=1S/C13H12N2/c1-9-11-5-3-2-4-10(11)8-12(9)13-14-6-7-15-13/h2-9H,1H3,(H,14,15)/t9-/m0/s1. The number of rotatable bonds is 1. The Kier molecular flexibility index (Phi) is 1.75. The van der Waals surface area contributed by atoms with Gasteiger partial charge in [0.05, 0.1) is 0 Å². The molecular formula is C13H12N2. The molecule has 0 amide bonds. The van der Waals surface area contributed by atoms with E-state index in [1.54, 1.807) is 6.20 Å². The predicted octanol–water partition coefficient (Wildman–Crippen LogP) is 3.07. The van der Waals surface area contributed by atoms with Crippen molar-refractivity contribution in [1.82, 2.24) is 9.97 Å². The maximum Gasteiger partial charge on any atom is 0.133 e. The fourth-order valence-corrected chi connectivity index (χ4v) is 2.19. The van der Waals surface area contributed by atoms with Gasteiger partial charge in [-0.15, -0.1) is 0 Å². The molecule has 0 saturated heterocycles. The lowest BCUT2D eigenvalue weighted by molar-refractivity contribution is 0.987. The van der Waals surface area contributed by atoms with Crippen molar-refractivity contribution in [2.75, 3.05) is 0 Å². The van der Waals surface area contributed by atoms with Gasteiger partial charge in [0.15, 0.2) is 0 Å². The molecule has 2 nitrogen and oxygen atoms in total. The maximum absolute atomic E-state index is 4.31. The summed E-state index contributed by atoms with van der Waals surface area (Å²) in [6.07, 6.45) is 5.89. The first-order chi connectivity index (χ1) is 7.36. The summed E-state index contributed by atoms with van der Waals surface area (Å²) < 4.78 is 0. The topological polar surface area (TPSA) is 28.7 Å². The first-order valence-electron chi connectivity index (χ1n) is 5.16. The van der Waals surface area contributed by atoms with Crippen LogP contribution in [0.3, 0.4) is 0 Å². The lowest BCUT2D eigenvalue weighted by Gasteiger charge is -2.08. The van der Waals surface area contributed by atoms with Gasteiger partial charge in [0.2, 0.25) is 0 Å². The number of aromatic nitrogens is 2. The summed E-state index contributed by atoms with van der Waals surface area (Å²) in [6, 6.07) is 8.51. The fraction of sp³-hybridized carbons (Fsp3) is 0.154. The summed E-state index contributed by atoms with van der Waals surface area (Å²) in [6.45, 7) is 2.22. The van der Waals surface area contributed by atoms with Crippen LogP contribution in [-0.4, -0.2) is 9.97 Å². The van der Waals surface area contributed by atoms with Crippen LogP contribution in [0.4, 0.5) is 0 Å². The molecule has 0 radical (unpaired) electrons. The Morgan fingerprint density at radius 1 is 1.27 bits per heavy atom. The van der Waals surface area contributed by atoms with Crippen LogP contribution < -0.4 is 0 Å². The Bertz CT molecular complexity index is 509. The Hall–Kier alpha value is -1.83. The van der Waals surface area contributed by atoms with E-state index in [-0.39, 0.29) is 0 Å². The van der Waals surface area contributed by atoms with Crippen LogP contribution in [-0.2, 0) is 0 Å². The molecule has 1 atom stereocenters. The van der Waals surface area contributed by atoms with Gasteiger partial charge in [-0.3, -0.25) is 0 Å². The molecule has 0 aliphatic heterocycles. The Balaban J connectivity index is 2.11. The van der Waals surface area contributed by atoms with E-state index in [2.05, 4.69) is 47.2 Å². The van der Waals surface area contributed by atoms with Crippen molar-refractivity contribution in [1.29, 1.82) is 0 Å². The molecule has 1 aromatic carbocycles. The summed E-state index contributed by atoms with van der Waals surface area (Å²) in [7, 11) is 0. The van der Waals surface area contributed by atoms with E-state index in [0.717, 1.165) is 5.82 Å². The fourth-order valence-electron chi connectivity index (χ4n) is 2.19. The van der Waals surface area contributed by atoms with Crippen LogP contribution in [0.5, 0.6) is 0 Å². The molecule has 1 N–H and O–H groups in total. The van der Waals surface area contributed by atoms with Crippen molar-refractivity contribution in [3.63, 3.8) is 0 Å². The quantitative estimate of drug-likeness (QED) is 0.746. The van der Waals surface area contributed by atoms with Crippen molar-refractivity contribution >= 4 is 11.6 Å². The van der Waals surface area contributed by atoms with Crippen LogP contribution in [0.1, 0.15) is 29.8 Å². The Labute approximate surface area is 88.7 Å². The highest BCUT2D eigenvalue weighted by atomic mass is 14.9. The minimum atomic E-state index is 0.437. The van der Waals surface area contributed by atoms with Crippen molar-refractivity contribution in [3.05, 3.63) is 53.6 Å². The predicted molar refractivity (Wildman–Crippen MR) is 61.3 cm³/mol. The van der Waals surface area contributed by atoms with Crippen molar-refractivity contribution < 1.29 is 0 Å². The number of hydrogen-bond donors (Lipinski definition) is 1. The monoisotopic (exact) mass is 196 g/mol. The van der Waals surface area contributed by atoms with Crippen LogP contribution in [0.2, 0.25) is 0 Å². The van der Waals surface area contributed by atoms with E-state index in [1.165, 1.54) is 16.7 Å². The molecule has 1 aromatic heterocycles. The molecule has 1 aliphatic rings. The molecule has 15 heavy (non-hydrogen) atoms. The summed E-state index contributed by atoms with van der Waals surface area (Å²) in [4.78, 5) is 7.47. The molecular weight excluding hydrogens is 184 g/mol. The molecule has 0 saturated carbocycles. The molecule has 0 unspecified atom stereocenters. The lowest BCUT2D eigenvalue weighted by Crippen LogP contribution is -1.94. The van der Waals surface area contributed by atoms with Crippen LogP contribution in [0, 0.1) is 0 Å². The molecule has 0 bridgehead atoms. The summed E-state index contributed by atoms with van der Waals surface area (Å²) in [5.41, 5.74) is 3.99. The number of benzene rings is 1. The SMILES string of the molecule is C[C@@H]1C(c2ncc[nH]2)=Cc2ccccc21. The first kappa shape index (κ1) is 8.48. The van der Waals surface area contributed by atoms with Gasteiger partial charge in [0.25, 0.3) is 0 Å². The largest absolute Gasteiger partial charge is 0.345 e. The molecule has 2 heteroatoms. The van der Waals surface area contributed by atoms with Crippen LogP contribution in [0.25, 0.3) is 11.6 Å².